The molecule has 2 heterocycles. The van der Waals surface area contributed by atoms with E-state index in [1.165, 1.54) is 4.31 Å². The Morgan fingerprint density at radius 2 is 1.61 bits per heavy atom. The lowest BCUT2D eigenvalue weighted by Crippen LogP contribution is -2.30. The molecular weight excluding hydrogens is 370 g/mol. The summed E-state index contributed by atoms with van der Waals surface area (Å²) in [4.78, 5) is 5.03. The maximum absolute atomic E-state index is 13.1. The molecule has 0 saturated carbocycles. The third kappa shape index (κ3) is 2.52. The number of hydrogen-bond donors (Lipinski definition) is 0. The highest BCUT2D eigenvalue weighted by Crippen LogP contribution is 2.31. The fourth-order valence-corrected chi connectivity index (χ4v) is 5.09. The van der Waals surface area contributed by atoms with E-state index in [-0.39, 0.29) is 11.4 Å². The van der Waals surface area contributed by atoms with Crippen molar-refractivity contribution in [1.82, 2.24) is 13.9 Å². The summed E-state index contributed by atoms with van der Waals surface area (Å²) in [6, 6.07) is 19.3. The minimum Gasteiger partial charge on any atom is -0.297 e. The molecule has 4 aromatic rings. The zero-order valence-corrected chi connectivity index (χ0v) is 16.4. The van der Waals surface area contributed by atoms with E-state index in [2.05, 4.69) is 24.3 Å². The van der Waals surface area contributed by atoms with Crippen LogP contribution in [0.25, 0.3) is 27.5 Å². The lowest BCUT2D eigenvalue weighted by Gasteiger charge is -2.26. The predicted molar refractivity (Wildman–Crippen MR) is 111 cm³/mol. The number of benzene rings is 3. The molecule has 0 aliphatic carbocycles. The van der Waals surface area contributed by atoms with Crippen LogP contribution in [0.4, 0.5) is 0 Å². The largest absolute Gasteiger partial charge is 0.297 e. The van der Waals surface area contributed by atoms with Crippen LogP contribution < -0.4 is 0 Å². The number of nitrogens with zero attached hydrogens (tertiary/aromatic N) is 3. The quantitative estimate of drug-likeness (QED) is 0.506. The molecule has 0 N–H and O–H groups in total. The molecule has 28 heavy (non-hydrogen) atoms. The first kappa shape index (κ1) is 17.0. The van der Waals surface area contributed by atoms with Crippen molar-refractivity contribution in [3.8, 4) is 0 Å². The maximum Gasteiger partial charge on any atom is 0.264 e. The standard InChI is InChI=1S/C22H19N3O2S/c1-15-7-9-19(10-8-15)28(26,27)24-13-16(2)25-21-12-18-6-4-3-5-17(18)11-20(21)23-22(25)14-24/h3-13H,14H2,1-2H3. The summed E-state index contributed by atoms with van der Waals surface area (Å²) in [5, 5.41) is 2.26. The molecule has 1 aliphatic rings. The van der Waals surface area contributed by atoms with Crippen LogP contribution in [0.2, 0.25) is 0 Å². The van der Waals surface area contributed by atoms with Gasteiger partial charge in [-0.1, -0.05) is 42.0 Å². The van der Waals surface area contributed by atoms with E-state index in [9.17, 15) is 8.42 Å². The Morgan fingerprint density at radius 3 is 2.32 bits per heavy atom. The van der Waals surface area contributed by atoms with Gasteiger partial charge in [0.05, 0.1) is 22.5 Å². The normalized spacial score (nSPS) is 14.4. The first-order chi connectivity index (χ1) is 13.4. The van der Waals surface area contributed by atoms with Gasteiger partial charge in [0.1, 0.15) is 5.82 Å². The molecule has 0 radical (unpaired) electrons. The first-order valence-electron chi connectivity index (χ1n) is 9.11. The summed E-state index contributed by atoms with van der Waals surface area (Å²) in [5.41, 5.74) is 3.72. The molecule has 1 aromatic heterocycles. The average molecular weight is 389 g/mol. The van der Waals surface area contributed by atoms with E-state index in [0.29, 0.717) is 0 Å². The van der Waals surface area contributed by atoms with Gasteiger partial charge in [-0.15, -0.1) is 0 Å². The lowest BCUT2D eigenvalue weighted by molar-refractivity contribution is 0.475. The Labute approximate surface area is 163 Å². The number of allylic oxidation sites excluding steroid dienone is 1. The Morgan fingerprint density at radius 1 is 0.929 bits per heavy atom. The van der Waals surface area contributed by atoms with Gasteiger partial charge in [0.25, 0.3) is 10.0 Å². The van der Waals surface area contributed by atoms with E-state index in [0.717, 1.165) is 38.9 Å². The monoisotopic (exact) mass is 389 g/mol. The first-order valence-corrected chi connectivity index (χ1v) is 10.5. The van der Waals surface area contributed by atoms with Crippen molar-refractivity contribution in [2.45, 2.75) is 25.3 Å². The van der Waals surface area contributed by atoms with E-state index in [1.54, 1.807) is 18.3 Å². The molecule has 1 aliphatic heterocycles. The molecule has 140 valence electrons. The molecule has 0 spiro atoms. The van der Waals surface area contributed by atoms with Gasteiger partial charge >= 0.3 is 0 Å². The molecule has 0 unspecified atom stereocenters. The average Bonchev–Trinajstić information content (AvgIpc) is 3.04. The number of fused-ring (bicyclic) bond motifs is 4. The summed E-state index contributed by atoms with van der Waals surface area (Å²) >= 11 is 0. The van der Waals surface area contributed by atoms with Crippen LogP contribution in [0.1, 0.15) is 18.3 Å². The summed E-state index contributed by atoms with van der Waals surface area (Å²) in [6.45, 7) is 4.06. The van der Waals surface area contributed by atoms with Crippen LogP contribution in [0.5, 0.6) is 0 Å². The van der Waals surface area contributed by atoms with E-state index >= 15 is 0 Å². The van der Waals surface area contributed by atoms with Crippen molar-refractivity contribution in [3.63, 3.8) is 0 Å². The Bertz CT molecular complexity index is 1370. The van der Waals surface area contributed by atoms with Gasteiger partial charge < -0.3 is 0 Å². The topological polar surface area (TPSA) is 55.2 Å². The molecule has 0 atom stereocenters. The zero-order chi connectivity index (χ0) is 19.5. The van der Waals surface area contributed by atoms with Gasteiger partial charge in [-0.25, -0.2) is 13.4 Å². The van der Waals surface area contributed by atoms with E-state index in [4.69, 9.17) is 4.98 Å². The highest BCUT2D eigenvalue weighted by atomic mass is 32.2. The smallest absolute Gasteiger partial charge is 0.264 e. The lowest BCUT2D eigenvalue weighted by atomic mass is 10.1. The van der Waals surface area contributed by atoms with E-state index < -0.39 is 10.0 Å². The van der Waals surface area contributed by atoms with Gasteiger partial charge in [0.2, 0.25) is 0 Å². The Kier molecular flexibility index (Phi) is 3.61. The summed E-state index contributed by atoms with van der Waals surface area (Å²) < 4.78 is 29.6. The number of aryl methyl sites for hydroxylation is 1. The number of sulfonamides is 1. The molecule has 0 bridgehead atoms. The minimum atomic E-state index is -3.63. The summed E-state index contributed by atoms with van der Waals surface area (Å²) in [5.74, 6) is 0.723. The zero-order valence-electron chi connectivity index (χ0n) is 15.6. The van der Waals surface area contributed by atoms with Crippen LogP contribution >= 0.6 is 0 Å². The maximum atomic E-state index is 13.1. The van der Waals surface area contributed by atoms with Gasteiger partial charge in [0.15, 0.2) is 0 Å². The van der Waals surface area contributed by atoms with Crippen LogP contribution in [0, 0.1) is 6.92 Å². The molecule has 0 amide bonds. The molecule has 3 aromatic carbocycles. The van der Waals surface area contributed by atoms with Crippen molar-refractivity contribution in [2.24, 2.45) is 0 Å². The molecular formula is C22H19N3O2S. The van der Waals surface area contributed by atoms with Crippen LogP contribution in [-0.4, -0.2) is 22.3 Å². The second kappa shape index (κ2) is 5.94. The Balaban J connectivity index is 1.63. The summed E-state index contributed by atoms with van der Waals surface area (Å²) in [6.07, 6.45) is 1.69. The molecule has 6 heteroatoms. The van der Waals surface area contributed by atoms with Crippen LogP contribution in [0.3, 0.4) is 0 Å². The van der Waals surface area contributed by atoms with Crippen molar-refractivity contribution in [1.29, 1.82) is 0 Å². The summed E-state index contributed by atoms with van der Waals surface area (Å²) in [7, 11) is -3.63. The highest BCUT2D eigenvalue weighted by molar-refractivity contribution is 7.89. The van der Waals surface area contributed by atoms with Crippen molar-refractivity contribution < 1.29 is 8.42 Å². The number of aromatic nitrogens is 2. The molecule has 5 nitrogen and oxygen atoms in total. The second-order valence-corrected chi connectivity index (χ2v) is 9.08. The fraction of sp³-hybridized carbons (Fsp3) is 0.136. The van der Waals surface area contributed by atoms with Crippen molar-refractivity contribution in [3.05, 3.63) is 78.3 Å². The van der Waals surface area contributed by atoms with E-state index in [1.807, 2.05) is 42.7 Å². The van der Waals surface area contributed by atoms with Gasteiger partial charge in [-0.2, -0.15) is 0 Å². The number of hydrogen-bond acceptors (Lipinski definition) is 3. The predicted octanol–water partition coefficient (Wildman–Crippen LogP) is 4.52. The third-order valence-electron chi connectivity index (χ3n) is 5.20. The molecule has 5 rings (SSSR count). The highest BCUT2D eigenvalue weighted by Gasteiger charge is 2.28. The molecule has 0 fully saturated rings. The van der Waals surface area contributed by atoms with Gasteiger partial charge in [-0.05, 0) is 48.9 Å². The Hall–Kier alpha value is -3.12. The number of imidazole rings is 1. The minimum absolute atomic E-state index is 0.207. The van der Waals surface area contributed by atoms with Gasteiger partial charge in [-0.3, -0.25) is 8.87 Å². The van der Waals surface area contributed by atoms with Crippen LogP contribution in [0.15, 0.2) is 71.8 Å². The third-order valence-corrected chi connectivity index (χ3v) is 6.92. The van der Waals surface area contributed by atoms with Crippen LogP contribution in [-0.2, 0) is 16.6 Å². The fourth-order valence-electron chi connectivity index (χ4n) is 3.76. The van der Waals surface area contributed by atoms with Crippen molar-refractivity contribution >= 4 is 37.5 Å². The van der Waals surface area contributed by atoms with Gasteiger partial charge in [0, 0.05) is 11.9 Å². The second-order valence-electron chi connectivity index (χ2n) is 7.19. The van der Waals surface area contributed by atoms with Crippen molar-refractivity contribution in [2.75, 3.05) is 0 Å². The number of rotatable bonds is 2. The SMILES string of the molecule is CC1=CN(S(=O)(=O)c2ccc(C)cc2)Cc2nc3cc4ccccc4cc3n21. The molecule has 0 saturated heterocycles.